The Morgan fingerprint density at radius 2 is 1.81 bits per heavy atom. The minimum absolute atomic E-state index is 0.0324. The second-order valence-electron chi connectivity index (χ2n) is 8.24. The lowest BCUT2D eigenvalue weighted by atomic mass is 9.88. The van der Waals surface area contributed by atoms with Crippen molar-refractivity contribution in [2.75, 3.05) is 33.5 Å². The first-order valence-corrected chi connectivity index (χ1v) is 11.0. The molecule has 2 aromatic rings. The Balaban J connectivity index is 1.39. The summed E-state index contributed by atoms with van der Waals surface area (Å²) in [6.07, 6.45) is 4.51. The van der Waals surface area contributed by atoms with E-state index < -0.39 is 17.0 Å². The monoisotopic (exact) mass is 439 g/mol. The largest absolute Gasteiger partial charge is 0.492 e. The summed E-state index contributed by atoms with van der Waals surface area (Å²) in [7, 11) is 1.33. The van der Waals surface area contributed by atoms with Crippen LogP contribution in [0.3, 0.4) is 0 Å². The lowest BCUT2D eigenvalue weighted by Gasteiger charge is -2.38. The van der Waals surface area contributed by atoms with Gasteiger partial charge in [-0.15, -0.1) is 0 Å². The molecule has 1 aliphatic carbocycles. The molecule has 1 aromatic heterocycles. The summed E-state index contributed by atoms with van der Waals surface area (Å²) >= 11 is 0. The fourth-order valence-electron chi connectivity index (χ4n) is 4.03. The van der Waals surface area contributed by atoms with Gasteiger partial charge < -0.3 is 19.5 Å². The lowest BCUT2D eigenvalue weighted by molar-refractivity contribution is -0.133. The molecule has 0 radical (unpaired) electrons. The third kappa shape index (κ3) is 4.92. The second kappa shape index (κ2) is 9.67. The number of pyridine rings is 1. The maximum Gasteiger partial charge on any atom is 0.356 e. The Kier molecular flexibility index (Phi) is 6.72. The van der Waals surface area contributed by atoms with Gasteiger partial charge in [0.25, 0.3) is 0 Å². The van der Waals surface area contributed by atoms with E-state index in [-0.39, 0.29) is 11.6 Å². The highest BCUT2D eigenvalue weighted by atomic mass is 16.5. The highest BCUT2D eigenvalue weighted by molar-refractivity contribution is 5.88. The molecule has 0 unspecified atom stereocenters. The van der Waals surface area contributed by atoms with Gasteiger partial charge in [0, 0.05) is 26.0 Å². The minimum atomic E-state index is -0.701. The number of hydrogen-bond donors (Lipinski definition) is 2. The first-order chi connectivity index (χ1) is 15.6. The normalized spacial score (nSPS) is 18.4. The van der Waals surface area contributed by atoms with E-state index in [9.17, 15) is 9.59 Å². The number of carbonyl (C=O) groups excluding carboxylic acids is 2. The zero-order valence-corrected chi connectivity index (χ0v) is 18.3. The van der Waals surface area contributed by atoms with Crippen molar-refractivity contribution < 1.29 is 23.8 Å². The fourth-order valence-corrected chi connectivity index (χ4v) is 4.03. The highest BCUT2D eigenvalue weighted by Crippen LogP contribution is 2.46. The van der Waals surface area contributed by atoms with Crippen LogP contribution in [0.4, 0.5) is 0 Å². The van der Waals surface area contributed by atoms with Crippen molar-refractivity contribution >= 4 is 11.9 Å². The van der Waals surface area contributed by atoms with Crippen LogP contribution in [0.25, 0.3) is 0 Å². The lowest BCUT2D eigenvalue weighted by Crippen LogP contribution is -2.61. The van der Waals surface area contributed by atoms with Crippen LogP contribution in [0.15, 0.2) is 48.7 Å². The van der Waals surface area contributed by atoms with Gasteiger partial charge in [-0.05, 0) is 49.4 Å². The van der Waals surface area contributed by atoms with E-state index in [1.54, 1.807) is 12.3 Å². The molecule has 1 saturated heterocycles. The summed E-state index contributed by atoms with van der Waals surface area (Å²) in [5.74, 6) is 0.295. The van der Waals surface area contributed by atoms with E-state index in [1.807, 2.05) is 36.4 Å². The molecule has 2 N–H and O–H groups in total. The first-order valence-electron chi connectivity index (χ1n) is 11.0. The van der Waals surface area contributed by atoms with Gasteiger partial charge in [-0.25, -0.2) is 9.78 Å². The highest BCUT2D eigenvalue weighted by Gasteiger charge is 2.50. The van der Waals surface area contributed by atoms with Crippen LogP contribution < -0.4 is 15.4 Å². The van der Waals surface area contributed by atoms with Gasteiger partial charge in [-0.2, -0.15) is 0 Å². The first kappa shape index (κ1) is 22.2. The van der Waals surface area contributed by atoms with Crippen molar-refractivity contribution in [3.05, 3.63) is 59.9 Å². The molecule has 0 atom stereocenters. The van der Waals surface area contributed by atoms with E-state index in [1.165, 1.54) is 7.11 Å². The van der Waals surface area contributed by atoms with Gasteiger partial charge in [0.05, 0.1) is 12.6 Å². The SMILES string of the molecule is COC(=O)c1ccc(C2(NC(=O)C3(NCCOc4ccccc4)CCOCC3)CC2)cn1. The number of benzene rings is 1. The molecule has 32 heavy (non-hydrogen) atoms. The number of amides is 1. The van der Waals surface area contributed by atoms with E-state index in [0.29, 0.717) is 39.2 Å². The number of nitrogens with one attached hydrogen (secondary N) is 2. The van der Waals surface area contributed by atoms with Gasteiger partial charge in [0.1, 0.15) is 23.6 Å². The standard InChI is InChI=1S/C24H29N3O5/c1-30-21(28)20-8-7-18(17-25-20)23(9-10-23)27-22(29)24(11-14-31-15-12-24)26-13-16-32-19-5-3-2-4-6-19/h2-8,17,26H,9-16H2,1H3,(H,27,29). The average Bonchev–Trinajstić information content (AvgIpc) is 3.63. The summed E-state index contributed by atoms with van der Waals surface area (Å²) in [4.78, 5) is 29.3. The predicted octanol–water partition coefficient (Wildman–Crippen LogP) is 2.19. The van der Waals surface area contributed by atoms with Gasteiger partial charge >= 0.3 is 5.97 Å². The average molecular weight is 440 g/mol. The van der Waals surface area contributed by atoms with Crippen LogP contribution in [0.1, 0.15) is 41.7 Å². The van der Waals surface area contributed by atoms with Crippen molar-refractivity contribution in [1.29, 1.82) is 0 Å². The number of carbonyl (C=O) groups is 2. The molecule has 0 bridgehead atoms. The van der Waals surface area contributed by atoms with Crippen LogP contribution in [-0.2, 0) is 19.8 Å². The van der Waals surface area contributed by atoms with Crippen molar-refractivity contribution in [2.24, 2.45) is 0 Å². The number of hydrogen-bond acceptors (Lipinski definition) is 7. The third-order valence-corrected chi connectivity index (χ3v) is 6.17. The fraction of sp³-hybridized carbons (Fsp3) is 0.458. The van der Waals surface area contributed by atoms with Crippen LogP contribution in [-0.4, -0.2) is 55.9 Å². The number of ether oxygens (including phenoxy) is 3. The molecule has 170 valence electrons. The quantitative estimate of drug-likeness (QED) is 0.456. The van der Waals surface area contributed by atoms with Crippen LogP contribution >= 0.6 is 0 Å². The number of para-hydroxylation sites is 1. The topological polar surface area (TPSA) is 98.8 Å². The van der Waals surface area contributed by atoms with E-state index >= 15 is 0 Å². The molecule has 8 nitrogen and oxygen atoms in total. The molecule has 1 amide bonds. The second-order valence-corrected chi connectivity index (χ2v) is 8.24. The molecule has 0 spiro atoms. The maximum atomic E-state index is 13.5. The molecule has 2 heterocycles. The molecular weight excluding hydrogens is 410 g/mol. The van der Waals surface area contributed by atoms with Crippen molar-refractivity contribution in [2.45, 2.75) is 36.8 Å². The van der Waals surface area contributed by atoms with E-state index in [4.69, 9.17) is 14.2 Å². The zero-order chi connectivity index (χ0) is 22.4. The summed E-state index contributed by atoms with van der Waals surface area (Å²) in [6.45, 7) is 2.07. The molecule has 1 aliphatic heterocycles. The van der Waals surface area contributed by atoms with E-state index in [0.717, 1.165) is 24.2 Å². The van der Waals surface area contributed by atoms with Crippen LogP contribution in [0, 0.1) is 0 Å². The molecule has 2 fully saturated rings. The number of rotatable bonds is 9. The maximum absolute atomic E-state index is 13.5. The van der Waals surface area contributed by atoms with Crippen LogP contribution in [0.2, 0.25) is 0 Å². The van der Waals surface area contributed by atoms with Gasteiger partial charge in [-0.3, -0.25) is 10.1 Å². The Bertz CT molecular complexity index is 922. The number of methoxy groups -OCH3 is 1. The molecule has 4 rings (SSSR count). The van der Waals surface area contributed by atoms with Crippen molar-refractivity contribution in [1.82, 2.24) is 15.6 Å². The van der Waals surface area contributed by atoms with Gasteiger partial charge in [0.15, 0.2) is 0 Å². The molecule has 1 saturated carbocycles. The van der Waals surface area contributed by atoms with Crippen molar-refractivity contribution in [3.63, 3.8) is 0 Å². The summed E-state index contributed by atoms with van der Waals surface area (Å²) in [5.41, 5.74) is 0.00646. The van der Waals surface area contributed by atoms with E-state index in [2.05, 4.69) is 15.6 Å². The zero-order valence-electron chi connectivity index (χ0n) is 18.3. The van der Waals surface area contributed by atoms with Crippen molar-refractivity contribution in [3.8, 4) is 5.75 Å². The molecule has 8 heteroatoms. The Morgan fingerprint density at radius 3 is 2.44 bits per heavy atom. The smallest absolute Gasteiger partial charge is 0.356 e. The summed E-state index contributed by atoms with van der Waals surface area (Å²) in [5, 5.41) is 6.71. The van der Waals surface area contributed by atoms with Gasteiger partial charge in [-0.1, -0.05) is 24.3 Å². The van der Waals surface area contributed by atoms with Crippen LogP contribution in [0.5, 0.6) is 5.75 Å². The Hall–Kier alpha value is -2.97. The summed E-state index contributed by atoms with van der Waals surface area (Å²) < 4.78 is 16.0. The Labute approximate surface area is 187 Å². The number of aromatic nitrogens is 1. The Morgan fingerprint density at radius 1 is 1.06 bits per heavy atom. The number of nitrogens with zero attached hydrogens (tertiary/aromatic N) is 1. The number of esters is 1. The molecule has 2 aliphatic rings. The summed E-state index contributed by atoms with van der Waals surface area (Å²) in [6, 6.07) is 13.1. The molecular formula is C24H29N3O5. The minimum Gasteiger partial charge on any atom is -0.492 e. The molecule has 1 aromatic carbocycles. The predicted molar refractivity (Wildman–Crippen MR) is 117 cm³/mol. The third-order valence-electron chi connectivity index (χ3n) is 6.17. The van der Waals surface area contributed by atoms with Gasteiger partial charge in [0.2, 0.25) is 5.91 Å².